The van der Waals surface area contributed by atoms with Crippen molar-refractivity contribution in [3.63, 3.8) is 0 Å². The molecule has 5 heteroatoms. The maximum Gasteiger partial charge on any atom is 0.324 e. The summed E-state index contributed by atoms with van der Waals surface area (Å²) in [7, 11) is 2.04. The van der Waals surface area contributed by atoms with Crippen LogP contribution in [0.1, 0.15) is 17.5 Å². The lowest BCUT2D eigenvalue weighted by Crippen LogP contribution is -2.50. The number of nitrogens with zero attached hydrogens (tertiary/aromatic N) is 1. The highest BCUT2D eigenvalue weighted by Crippen LogP contribution is 2.38. The minimum Gasteiger partial charge on any atom is -0.493 e. The number of aliphatic carboxylic acids is 1. The van der Waals surface area contributed by atoms with Gasteiger partial charge in [0.05, 0.1) is 6.61 Å². The Morgan fingerprint density at radius 2 is 2.26 bits per heavy atom. The number of nitrogens with two attached hydrogens (primary N) is 1. The largest absolute Gasteiger partial charge is 0.493 e. The minimum absolute atomic E-state index is 0.335. The highest BCUT2D eigenvalue weighted by molar-refractivity contribution is 5.80. The molecule has 5 nitrogen and oxygen atoms in total. The monoisotopic (exact) mass is 262 g/mol. The zero-order chi connectivity index (χ0) is 13.6. The number of hydrogen-bond donors (Lipinski definition) is 2. The van der Waals surface area contributed by atoms with Crippen LogP contribution >= 0.6 is 0 Å². The zero-order valence-corrected chi connectivity index (χ0v) is 11.0. The molecule has 0 saturated carbocycles. The first-order valence-electron chi connectivity index (χ1n) is 6.52. The molecule has 0 aromatic heterocycles. The first-order valence-corrected chi connectivity index (χ1v) is 6.52. The van der Waals surface area contributed by atoms with Crippen molar-refractivity contribution in [2.45, 2.75) is 24.8 Å². The summed E-state index contributed by atoms with van der Waals surface area (Å²) < 4.78 is 5.69. The first-order chi connectivity index (χ1) is 9.01. The van der Waals surface area contributed by atoms with E-state index >= 15 is 0 Å². The summed E-state index contributed by atoms with van der Waals surface area (Å²) >= 11 is 0. The molecule has 0 aliphatic carbocycles. The molecule has 0 saturated heterocycles. The van der Waals surface area contributed by atoms with Crippen LogP contribution in [0.2, 0.25) is 0 Å². The van der Waals surface area contributed by atoms with Crippen LogP contribution in [0.25, 0.3) is 0 Å². The lowest BCUT2D eigenvalue weighted by atomic mass is 9.87. The van der Waals surface area contributed by atoms with Crippen LogP contribution in [0.5, 0.6) is 5.75 Å². The number of rotatable bonds is 1. The Labute approximate surface area is 112 Å². The summed E-state index contributed by atoms with van der Waals surface area (Å²) in [6.07, 6.45) is 1.60. The molecule has 2 aliphatic heterocycles. The van der Waals surface area contributed by atoms with Crippen molar-refractivity contribution in [2.24, 2.45) is 5.73 Å². The molecule has 0 amide bonds. The van der Waals surface area contributed by atoms with Crippen molar-refractivity contribution in [2.75, 3.05) is 25.1 Å². The quantitative estimate of drug-likeness (QED) is 0.782. The van der Waals surface area contributed by atoms with E-state index in [9.17, 15) is 9.90 Å². The Morgan fingerprint density at radius 3 is 3.00 bits per heavy atom. The summed E-state index contributed by atoms with van der Waals surface area (Å²) in [6.45, 7) is 1.31. The minimum atomic E-state index is -1.22. The molecule has 1 unspecified atom stereocenters. The van der Waals surface area contributed by atoms with Gasteiger partial charge in [0.15, 0.2) is 0 Å². The molecule has 2 aliphatic rings. The van der Waals surface area contributed by atoms with Gasteiger partial charge >= 0.3 is 5.97 Å². The van der Waals surface area contributed by atoms with Gasteiger partial charge in [-0.1, -0.05) is 0 Å². The number of likely N-dealkylation sites (N-methyl/N-ethyl adjacent to an activating group) is 1. The SMILES string of the molecule is CN1CCc2c1ccc1c2CC(N)(C(=O)O)CCO1. The van der Waals surface area contributed by atoms with E-state index in [1.807, 2.05) is 19.2 Å². The van der Waals surface area contributed by atoms with Gasteiger partial charge in [0.25, 0.3) is 0 Å². The maximum absolute atomic E-state index is 11.4. The van der Waals surface area contributed by atoms with Gasteiger partial charge in [0, 0.05) is 37.7 Å². The lowest BCUT2D eigenvalue weighted by Gasteiger charge is -2.22. The molecule has 1 atom stereocenters. The van der Waals surface area contributed by atoms with Crippen LogP contribution in [0.15, 0.2) is 12.1 Å². The summed E-state index contributed by atoms with van der Waals surface area (Å²) in [5.41, 5.74) is 8.16. The predicted molar refractivity (Wildman–Crippen MR) is 71.8 cm³/mol. The number of benzene rings is 1. The highest BCUT2D eigenvalue weighted by atomic mass is 16.5. The van der Waals surface area contributed by atoms with Crippen LogP contribution in [0, 0.1) is 0 Å². The molecule has 102 valence electrons. The second-order valence-corrected chi connectivity index (χ2v) is 5.45. The Bertz CT molecular complexity index is 544. The van der Waals surface area contributed by atoms with Crippen LogP contribution in [0.3, 0.4) is 0 Å². The number of hydrogen-bond acceptors (Lipinski definition) is 4. The van der Waals surface area contributed by atoms with Crippen LogP contribution < -0.4 is 15.4 Å². The number of carbonyl (C=O) groups is 1. The molecule has 3 rings (SSSR count). The van der Waals surface area contributed by atoms with Gasteiger partial charge in [-0.3, -0.25) is 4.79 Å². The van der Waals surface area contributed by atoms with E-state index in [0.29, 0.717) is 19.4 Å². The van der Waals surface area contributed by atoms with Gasteiger partial charge in [0.1, 0.15) is 11.3 Å². The first kappa shape index (κ1) is 12.3. The van der Waals surface area contributed by atoms with Crippen molar-refractivity contribution in [3.05, 3.63) is 23.3 Å². The van der Waals surface area contributed by atoms with Crippen molar-refractivity contribution in [3.8, 4) is 5.75 Å². The maximum atomic E-state index is 11.4. The van der Waals surface area contributed by atoms with E-state index in [4.69, 9.17) is 10.5 Å². The Hall–Kier alpha value is -1.75. The fraction of sp³-hybridized carbons (Fsp3) is 0.500. The number of fused-ring (bicyclic) bond motifs is 3. The topological polar surface area (TPSA) is 75.8 Å². The van der Waals surface area contributed by atoms with Gasteiger partial charge in [-0.05, 0) is 24.1 Å². The third kappa shape index (κ3) is 1.85. The normalized spacial score (nSPS) is 25.3. The zero-order valence-electron chi connectivity index (χ0n) is 11.0. The molecule has 1 aromatic rings. The third-order valence-corrected chi connectivity index (χ3v) is 4.20. The molecule has 2 heterocycles. The van der Waals surface area contributed by atoms with Crippen LogP contribution in [0.4, 0.5) is 5.69 Å². The van der Waals surface area contributed by atoms with Gasteiger partial charge in [0.2, 0.25) is 0 Å². The van der Waals surface area contributed by atoms with Gasteiger partial charge in [-0.2, -0.15) is 0 Å². The van der Waals surface area contributed by atoms with E-state index in [1.165, 1.54) is 5.56 Å². The van der Waals surface area contributed by atoms with E-state index in [1.54, 1.807) is 0 Å². The smallest absolute Gasteiger partial charge is 0.324 e. The standard InChI is InChI=1S/C14H18N2O3/c1-16-6-4-9-10-8-14(15,13(17)18)5-7-19-12(10)3-2-11(9)16/h2-3H,4-8,15H2,1H3,(H,17,18). The van der Waals surface area contributed by atoms with Crippen molar-refractivity contribution in [1.29, 1.82) is 0 Å². The Balaban J connectivity index is 2.09. The predicted octanol–water partition coefficient (Wildman–Crippen LogP) is 0.786. The number of carboxylic acids is 1. The number of carboxylic acid groups (broad SMARTS) is 1. The molecule has 3 N–H and O–H groups in total. The van der Waals surface area contributed by atoms with E-state index < -0.39 is 11.5 Å². The lowest BCUT2D eigenvalue weighted by molar-refractivity contribution is -0.143. The molecule has 1 aromatic carbocycles. The van der Waals surface area contributed by atoms with E-state index in [2.05, 4.69) is 4.90 Å². The fourth-order valence-electron chi connectivity index (χ4n) is 2.95. The van der Waals surface area contributed by atoms with Crippen LogP contribution in [-0.2, 0) is 17.6 Å². The summed E-state index contributed by atoms with van der Waals surface area (Å²) in [5, 5.41) is 9.36. The van der Waals surface area contributed by atoms with Gasteiger partial charge in [-0.15, -0.1) is 0 Å². The third-order valence-electron chi connectivity index (χ3n) is 4.20. The van der Waals surface area contributed by atoms with Crippen molar-refractivity contribution >= 4 is 11.7 Å². The van der Waals surface area contributed by atoms with Gasteiger partial charge < -0.3 is 20.5 Å². The van der Waals surface area contributed by atoms with Crippen molar-refractivity contribution < 1.29 is 14.6 Å². The average Bonchev–Trinajstić information content (AvgIpc) is 2.64. The fourth-order valence-corrected chi connectivity index (χ4v) is 2.95. The molecule has 0 fully saturated rings. The molecule has 0 radical (unpaired) electrons. The van der Waals surface area contributed by atoms with Crippen LogP contribution in [-0.4, -0.2) is 36.8 Å². The molecule has 0 spiro atoms. The van der Waals surface area contributed by atoms with Gasteiger partial charge in [-0.25, -0.2) is 0 Å². The van der Waals surface area contributed by atoms with E-state index in [-0.39, 0.29) is 0 Å². The second-order valence-electron chi connectivity index (χ2n) is 5.45. The summed E-state index contributed by atoms with van der Waals surface area (Å²) in [5.74, 6) is -0.157. The molecule has 0 bridgehead atoms. The summed E-state index contributed by atoms with van der Waals surface area (Å²) in [4.78, 5) is 13.6. The highest BCUT2D eigenvalue weighted by Gasteiger charge is 2.38. The molecule has 19 heavy (non-hydrogen) atoms. The Kier molecular flexibility index (Phi) is 2.67. The van der Waals surface area contributed by atoms with Crippen molar-refractivity contribution in [1.82, 2.24) is 0 Å². The number of anilines is 1. The number of ether oxygens (including phenoxy) is 1. The average molecular weight is 262 g/mol. The second kappa shape index (κ2) is 4.13. The molecular formula is C14H18N2O3. The summed E-state index contributed by atoms with van der Waals surface area (Å²) in [6, 6.07) is 3.98. The molecular weight excluding hydrogens is 244 g/mol. The van der Waals surface area contributed by atoms with E-state index in [0.717, 1.165) is 30.0 Å². The Morgan fingerprint density at radius 1 is 1.47 bits per heavy atom.